The Kier molecular flexibility index (Phi) is 5.37. The van der Waals surface area contributed by atoms with Crippen LogP contribution in [0.1, 0.15) is 13.8 Å². The Hall–Kier alpha value is -2.99. The van der Waals surface area contributed by atoms with Gasteiger partial charge in [0.15, 0.2) is 6.10 Å². The van der Waals surface area contributed by atoms with Crippen molar-refractivity contribution >= 4 is 40.6 Å². The second-order valence-corrected chi connectivity index (χ2v) is 6.85. The van der Waals surface area contributed by atoms with Crippen molar-refractivity contribution in [1.82, 2.24) is 0 Å². The molecule has 0 saturated carbocycles. The van der Waals surface area contributed by atoms with Gasteiger partial charge in [0.2, 0.25) is 0 Å². The molecule has 7 heteroatoms. The second kappa shape index (κ2) is 7.72. The lowest BCUT2D eigenvalue weighted by molar-refractivity contribution is -0.125. The molecule has 3 amide bonds. The first-order chi connectivity index (χ1) is 12.8. The Bertz CT molecular complexity index is 896. The van der Waals surface area contributed by atoms with E-state index < -0.39 is 12.1 Å². The highest BCUT2D eigenvalue weighted by molar-refractivity contribution is 6.30. The number of carbonyl (C=O) groups excluding carboxylic acids is 2. The van der Waals surface area contributed by atoms with E-state index in [9.17, 15) is 9.59 Å². The van der Waals surface area contributed by atoms with Crippen LogP contribution in [-0.4, -0.2) is 24.6 Å². The maximum Gasteiger partial charge on any atom is 0.323 e. The zero-order chi connectivity index (χ0) is 19.6. The predicted molar refractivity (Wildman–Crippen MR) is 108 cm³/mol. The lowest BCUT2D eigenvalue weighted by Crippen LogP contribution is -2.45. The van der Waals surface area contributed by atoms with Crippen LogP contribution in [0.2, 0.25) is 5.02 Å². The third-order valence-corrected chi connectivity index (χ3v) is 4.21. The van der Waals surface area contributed by atoms with Crippen LogP contribution in [0.15, 0.2) is 54.6 Å². The Labute approximate surface area is 162 Å². The summed E-state index contributed by atoms with van der Waals surface area (Å²) < 4.78 is 5.70. The van der Waals surface area contributed by atoms with Gasteiger partial charge in [0.25, 0.3) is 5.91 Å². The first-order valence-electron chi connectivity index (χ1n) is 8.43. The number of carbonyl (C=O) groups is 2. The summed E-state index contributed by atoms with van der Waals surface area (Å²) in [5.74, 6) is 0.416. The molecule has 0 aliphatic carbocycles. The molecule has 0 bridgehead atoms. The van der Waals surface area contributed by atoms with Gasteiger partial charge in [0.1, 0.15) is 5.75 Å². The number of halogens is 1. The van der Waals surface area contributed by atoms with Crippen molar-refractivity contribution in [3.05, 3.63) is 59.6 Å². The monoisotopic (exact) mass is 385 g/mol. The number of amides is 3. The van der Waals surface area contributed by atoms with Gasteiger partial charge in [-0.3, -0.25) is 4.79 Å². The van der Waals surface area contributed by atoms with E-state index in [0.29, 0.717) is 34.4 Å². The van der Waals surface area contributed by atoms with Crippen molar-refractivity contribution in [2.45, 2.75) is 20.0 Å². The second-order valence-electron chi connectivity index (χ2n) is 6.41. The Morgan fingerprint density at radius 2 is 1.81 bits per heavy atom. The summed E-state index contributed by atoms with van der Waals surface area (Å²) in [5.41, 5.74) is 2.70. The lowest BCUT2D eigenvalue weighted by atomic mass is 10.1. The quantitative estimate of drug-likeness (QED) is 0.751. The highest BCUT2D eigenvalue weighted by atomic mass is 35.5. The first-order valence-corrected chi connectivity index (χ1v) is 8.81. The number of fused-ring (bicyclic) bond motifs is 1. The number of urea groups is 1. The number of nitrogens with one attached hydrogen (secondary N) is 2. The van der Waals surface area contributed by atoms with E-state index >= 15 is 0 Å². The maximum atomic E-state index is 12.4. The van der Waals surface area contributed by atoms with Gasteiger partial charge < -0.3 is 20.3 Å². The summed E-state index contributed by atoms with van der Waals surface area (Å²) in [6.07, 6.45) is -0.602. The van der Waals surface area contributed by atoms with Crippen molar-refractivity contribution in [3.8, 4) is 5.75 Å². The SMILES string of the molecule is C=C(C)CN1C(=O)C(C)Oc2cc(NC(=O)Nc3ccc(Cl)cc3)ccc21. The molecule has 0 fully saturated rings. The minimum absolute atomic E-state index is 0.119. The number of benzene rings is 2. The van der Waals surface area contributed by atoms with Gasteiger partial charge in [-0.05, 0) is 50.2 Å². The van der Waals surface area contributed by atoms with Crippen molar-refractivity contribution in [2.24, 2.45) is 0 Å². The largest absolute Gasteiger partial charge is 0.479 e. The zero-order valence-electron chi connectivity index (χ0n) is 15.1. The van der Waals surface area contributed by atoms with Crippen molar-refractivity contribution in [3.63, 3.8) is 0 Å². The summed E-state index contributed by atoms with van der Waals surface area (Å²) in [5, 5.41) is 6.07. The fourth-order valence-corrected chi connectivity index (χ4v) is 2.87. The number of ether oxygens (including phenoxy) is 1. The van der Waals surface area contributed by atoms with Crippen LogP contribution in [0.5, 0.6) is 5.75 Å². The summed E-state index contributed by atoms with van der Waals surface area (Å²) in [6.45, 7) is 7.86. The van der Waals surface area contributed by atoms with E-state index in [-0.39, 0.29) is 5.91 Å². The highest BCUT2D eigenvalue weighted by Gasteiger charge is 2.31. The fourth-order valence-electron chi connectivity index (χ4n) is 2.75. The van der Waals surface area contributed by atoms with Crippen molar-refractivity contribution < 1.29 is 14.3 Å². The van der Waals surface area contributed by atoms with Crippen LogP contribution in [0, 0.1) is 0 Å². The molecule has 3 rings (SSSR count). The van der Waals surface area contributed by atoms with Crippen molar-refractivity contribution in [2.75, 3.05) is 22.1 Å². The van der Waals surface area contributed by atoms with Crippen molar-refractivity contribution in [1.29, 1.82) is 0 Å². The molecule has 27 heavy (non-hydrogen) atoms. The number of hydrogen-bond acceptors (Lipinski definition) is 3. The van der Waals surface area contributed by atoms with Gasteiger partial charge in [0, 0.05) is 29.0 Å². The van der Waals surface area contributed by atoms with E-state index in [1.54, 1.807) is 54.3 Å². The van der Waals surface area contributed by atoms with E-state index in [4.69, 9.17) is 16.3 Å². The normalized spacial score (nSPS) is 15.6. The molecule has 2 aromatic carbocycles. The molecule has 1 unspecified atom stereocenters. The standard InChI is InChI=1S/C20H20ClN3O3/c1-12(2)11-24-17-9-8-16(10-18(17)27-13(3)19(24)25)23-20(26)22-15-6-4-14(21)5-7-15/h4-10,13H,1,11H2,2-3H3,(H2,22,23,26). The molecular formula is C20H20ClN3O3. The summed E-state index contributed by atoms with van der Waals surface area (Å²) in [7, 11) is 0. The third-order valence-electron chi connectivity index (χ3n) is 3.96. The van der Waals surface area contributed by atoms with Gasteiger partial charge >= 0.3 is 6.03 Å². The van der Waals surface area contributed by atoms with Gasteiger partial charge in [-0.1, -0.05) is 23.8 Å². The molecule has 2 N–H and O–H groups in total. The molecule has 0 spiro atoms. The number of hydrogen-bond donors (Lipinski definition) is 2. The molecule has 1 atom stereocenters. The molecule has 0 saturated heterocycles. The maximum absolute atomic E-state index is 12.4. The van der Waals surface area contributed by atoms with Crippen LogP contribution in [0.4, 0.5) is 21.9 Å². The van der Waals surface area contributed by atoms with Crippen LogP contribution in [0.25, 0.3) is 0 Å². The fraction of sp³-hybridized carbons (Fsp3) is 0.200. The summed E-state index contributed by atoms with van der Waals surface area (Å²) >= 11 is 5.84. The zero-order valence-corrected chi connectivity index (χ0v) is 15.8. The van der Waals surface area contributed by atoms with E-state index in [1.807, 2.05) is 6.92 Å². The van der Waals surface area contributed by atoms with Gasteiger partial charge in [-0.2, -0.15) is 0 Å². The third kappa shape index (κ3) is 4.41. The molecule has 1 heterocycles. The average Bonchev–Trinajstić information content (AvgIpc) is 2.60. The molecule has 0 radical (unpaired) electrons. The molecule has 0 aromatic heterocycles. The predicted octanol–water partition coefficient (Wildman–Crippen LogP) is 4.67. The smallest absolute Gasteiger partial charge is 0.323 e. The number of anilines is 3. The van der Waals surface area contributed by atoms with E-state index in [0.717, 1.165) is 5.57 Å². The Morgan fingerprint density at radius 1 is 1.19 bits per heavy atom. The molecule has 140 valence electrons. The Balaban J connectivity index is 1.76. The molecule has 2 aromatic rings. The van der Waals surface area contributed by atoms with E-state index in [1.165, 1.54) is 0 Å². The van der Waals surface area contributed by atoms with Crippen LogP contribution < -0.4 is 20.3 Å². The number of nitrogens with zero attached hydrogens (tertiary/aromatic N) is 1. The first kappa shape index (κ1) is 18.8. The minimum Gasteiger partial charge on any atom is -0.479 e. The van der Waals surface area contributed by atoms with Crippen LogP contribution in [0.3, 0.4) is 0 Å². The highest BCUT2D eigenvalue weighted by Crippen LogP contribution is 2.36. The molecule has 1 aliphatic rings. The molecule has 6 nitrogen and oxygen atoms in total. The van der Waals surface area contributed by atoms with Gasteiger partial charge in [-0.15, -0.1) is 0 Å². The van der Waals surface area contributed by atoms with Gasteiger partial charge in [0.05, 0.1) is 5.69 Å². The van der Waals surface area contributed by atoms with E-state index in [2.05, 4.69) is 17.2 Å². The van der Waals surface area contributed by atoms with Crippen LogP contribution >= 0.6 is 11.6 Å². The summed E-state index contributed by atoms with van der Waals surface area (Å²) in [6, 6.07) is 11.6. The molecule has 1 aliphatic heterocycles. The van der Waals surface area contributed by atoms with Gasteiger partial charge in [-0.25, -0.2) is 4.79 Å². The topological polar surface area (TPSA) is 70.7 Å². The lowest BCUT2D eigenvalue weighted by Gasteiger charge is -2.33. The average molecular weight is 386 g/mol. The summed E-state index contributed by atoms with van der Waals surface area (Å²) in [4.78, 5) is 26.2. The Morgan fingerprint density at radius 3 is 2.48 bits per heavy atom. The minimum atomic E-state index is -0.602. The van der Waals surface area contributed by atoms with Crippen LogP contribution in [-0.2, 0) is 4.79 Å². The molecular weight excluding hydrogens is 366 g/mol. The number of rotatable bonds is 4.